The minimum absolute atomic E-state index is 0.0596. The van der Waals surface area contributed by atoms with E-state index >= 15 is 0 Å². The zero-order valence-electron chi connectivity index (χ0n) is 11.8. The molecule has 0 spiro atoms. The molecule has 0 fully saturated rings. The second-order valence-electron chi connectivity index (χ2n) is 4.22. The van der Waals surface area contributed by atoms with Gasteiger partial charge in [0.2, 0.25) is 5.69 Å². The fourth-order valence-electron chi connectivity index (χ4n) is 1.73. The smallest absolute Gasteiger partial charge is 0.397 e. The van der Waals surface area contributed by atoms with Crippen LogP contribution in [-0.2, 0) is 20.9 Å². The predicted molar refractivity (Wildman–Crippen MR) is 75.5 cm³/mol. The van der Waals surface area contributed by atoms with Gasteiger partial charge in [0.1, 0.15) is 6.07 Å². The lowest BCUT2D eigenvalue weighted by atomic mass is 10.2. The molecule has 112 valence electrons. The van der Waals surface area contributed by atoms with Crippen molar-refractivity contribution in [2.45, 2.75) is 13.5 Å². The van der Waals surface area contributed by atoms with Crippen LogP contribution < -0.4 is 5.32 Å². The van der Waals surface area contributed by atoms with Crippen molar-refractivity contribution in [1.29, 1.82) is 5.26 Å². The monoisotopic (exact) mass is 299 g/mol. The van der Waals surface area contributed by atoms with E-state index in [1.165, 1.54) is 4.68 Å². The second kappa shape index (κ2) is 6.99. The molecule has 1 aromatic heterocycles. The van der Waals surface area contributed by atoms with Gasteiger partial charge in [-0.3, -0.25) is 10.1 Å². The summed E-state index contributed by atoms with van der Waals surface area (Å²) in [6, 6.07) is 11.1. The van der Waals surface area contributed by atoms with Gasteiger partial charge >= 0.3 is 11.9 Å². The first kappa shape index (κ1) is 15.2. The van der Waals surface area contributed by atoms with Gasteiger partial charge in [0.05, 0.1) is 13.2 Å². The minimum Gasteiger partial charge on any atom is -0.459 e. The van der Waals surface area contributed by atoms with Crippen molar-refractivity contribution in [2.75, 3.05) is 11.9 Å². The van der Waals surface area contributed by atoms with Crippen molar-refractivity contribution in [3.8, 4) is 6.07 Å². The van der Waals surface area contributed by atoms with Crippen molar-refractivity contribution in [2.24, 2.45) is 0 Å². The molecule has 1 amide bonds. The molecule has 0 saturated heterocycles. The number of amides is 1. The molecule has 0 unspecified atom stereocenters. The van der Waals surface area contributed by atoms with Gasteiger partial charge in [-0.25, -0.2) is 9.48 Å². The quantitative estimate of drug-likeness (QED) is 0.657. The minimum atomic E-state index is -1.03. The van der Waals surface area contributed by atoms with Crippen LogP contribution in [0.4, 0.5) is 5.82 Å². The number of benzene rings is 1. The summed E-state index contributed by atoms with van der Waals surface area (Å²) in [5.74, 6) is -1.95. The van der Waals surface area contributed by atoms with Crippen LogP contribution in [0.15, 0.2) is 30.3 Å². The molecule has 0 bridgehead atoms. The molecular formula is C14H13N5O3. The van der Waals surface area contributed by atoms with E-state index in [0.29, 0.717) is 6.54 Å². The molecule has 22 heavy (non-hydrogen) atoms. The number of nitriles is 1. The van der Waals surface area contributed by atoms with Crippen molar-refractivity contribution in [3.63, 3.8) is 0 Å². The third kappa shape index (κ3) is 3.46. The zero-order chi connectivity index (χ0) is 15.9. The van der Waals surface area contributed by atoms with Crippen LogP contribution in [0.3, 0.4) is 0 Å². The Bertz CT molecular complexity index is 718. The maximum absolute atomic E-state index is 11.7. The summed E-state index contributed by atoms with van der Waals surface area (Å²) >= 11 is 0. The summed E-state index contributed by atoms with van der Waals surface area (Å²) < 4.78 is 5.94. The molecular weight excluding hydrogens is 286 g/mol. The van der Waals surface area contributed by atoms with E-state index in [4.69, 9.17) is 5.26 Å². The lowest BCUT2D eigenvalue weighted by Crippen LogP contribution is -2.27. The van der Waals surface area contributed by atoms with Crippen molar-refractivity contribution >= 4 is 17.7 Å². The highest BCUT2D eigenvalue weighted by molar-refractivity contribution is 6.37. The molecule has 8 nitrogen and oxygen atoms in total. The van der Waals surface area contributed by atoms with Crippen LogP contribution in [0.2, 0.25) is 0 Å². The summed E-state index contributed by atoms with van der Waals surface area (Å²) in [4.78, 5) is 23.1. The van der Waals surface area contributed by atoms with Gasteiger partial charge in [0.25, 0.3) is 0 Å². The van der Waals surface area contributed by atoms with Crippen LogP contribution in [0.5, 0.6) is 0 Å². The van der Waals surface area contributed by atoms with Crippen LogP contribution in [0.1, 0.15) is 18.2 Å². The van der Waals surface area contributed by atoms with Crippen molar-refractivity contribution in [3.05, 3.63) is 41.6 Å². The number of nitrogens with one attached hydrogen (secondary N) is 1. The number of aromatic nitrogens is 3. The number of anilines is 1. The molecule has 1 aromatic carbocycles. The third-order valence-electron chi connectivity index (χ3n) is 2.71. The first-order valence-corrected chi connectivity index (χ1v) is 6.51. The molecule has 0 aliphatic heterocycles. The average molecular weight is 299 g/mol. The van der Waals surface area contributed by atoms with Gasteiger partial charge in [0, 0.05) is 0 Å². The number of nitrogens with zero attached hydrogens (tertiary/aromatic N) is 4. The zero-order valence-corrected chi connectivity index (χ0v) is 11.8. The molecule has 1 N–H and O–H groups in total. The van der Waals surface area contributed by atoms with E-state index in [2.05, 4.69) is 20.4 Å². The third-order valence-corrected chi connectivity index (χ3v) is 2.71. The lowest BCUT2D eigenvalue weighted by Gasteiger charge is -2.07. The van der Waals surface area contributed by atoms with Gasteiger partial charge in [-0.2, -0.15) is 5.26 Å². The summed E-state index contributed by atoms with van der Waals surface area (Å²) in [6.07, 6.45) is 0. The Morgan fingerprint density at radius 3 is 2.73 bits per heavy atom. The van der Waals surface area contributed by atoms with Crippen LogP contribution in [0.25, 0.3) is 0 Å². The molecule has 2 aromatic rings. The molecule has 2 rings (SSSR count). The number of carbonyl (C=O) groups is 2. The van der Waals surface area contributed by atoms with Crippen LogP contribution >= 0.6 is 0 Å². The van der Waals surface area contributed by atoms with Crippen molar-refractivity contribution < 1.29 is 14.3 Å². The van der Waals surface area contributed by atoms with E-state index in [1.54, 1.807) is 6.92 Å². The maximum Gasteiger partial charge on any atom is 0.397 e. The topological polar surface area (TPSA) is 110 Å². The number of esters is 1. The molecule has 0 aliphatic carbocycles. The van der Waals surface area contributed by atoms with Gasteiger partial charge in [-0.1, -0.05) is 35.5 Å². The summed E-state index contributed by atoms with van der Waals surface area (Å²) in [5.41, 5.74) is 0.831. The van der Waals surface area contributed by atoms with E-state index in [-0.39, 0.29) is 18.1 Å². The Hall–Kier alpha value is -3.21. The highest BCUT2D eigenvalue weighted by Crippen LogP contribution is 2.14. The average Bonchev–Trinajstić information content (AvgIpc) is 2.90. The molecule has 0 saturated carbocycles. The molecule has 0 atom stereocenters. The molecule has 8 heteroatoms. The maximum atomic E-state index is 11.7. The normalized spacial score (nSPS) is 9.82. The Balaban J connectivity index is 2.23. The Morgan fingerprint density at radius 2 is 2.09 bits per heavy atom. The second-order valence-corrected chi connectivity index (χ2v) is 4.22. The van der Waals surface area contributed by atoms with E-state index in [9.17, 15) is 9.59 Å². The largest absolute Gasteiger partial charge is 0.459 e. The molecule has 1 heterocycles. The van der Waals surface area contributed by atoms with E-state index in [1.807, 2.05) is 36.4 Å². The fraction of sp³-hybridized carbons (Fsp3) is 0.214. The Kier molecular flexibility index (Phi) is 4.82. The number of ether oxygens (including phenoxy) is 1. The predicted octanol–water partition coefficient (Wildman–Crippen LogP) is 0.700. The molecule has 0 radical (unpaired) electrons. The summed E-state index contributed by atoms with van der Waals surface area (Å²) in [6.45, 7) is 1.97. The Labute approximate surface area is 126 Å². The van der Waals surface area contributed by atoms with Crippen molar-refractivity contribution in [1.82, 2.24) is 15.0 Å². The van der Waals surface area contributed by atoms with Gasteiger partial charge < -0.3 is 4.74 Å². The highest BCUT2D eigenvalue weighted by atomic mass is 16.5. The molecule has 0 aliphatic rings. The highest BCUT2D eigenvalue weighted by Gasteiger charge is 2.21. The Morgan fingerprint density at radius 1 is 1.36 bits per heavy atom. The van der Waals surface area contributed by atoms with E-state index < -0.39 is 11.9 Å². The lowest BCUT2D eigenvalue weighted by molar-refractivity contribution is -0.152. The fourth-order valence-corrected chi connectivity index (χ4v) is 1.73. The SMILES string of the molecule is CCOC(=O)C(=O)Nc1c(C#N)nnn1Cc1ccccc1. The van der Waals surface area contributed by atoms with Gasteiger partial charge in [0.15, 0.2) is 5.82 Å². The summed E-state index contributed by atoms with van der Waals surface area (Å²) in [7, 11) is 0. The number of rotatable bonds is 4. The first-order valence-electron chi connectivity index (χ1n) is 6.51. The van der Waals surface area contributed by atoms with Gasteiger partial charge in [-0.15, -0.1) is 5.10 Å². The number of hydrogen-bond acceptors (Lipinski definition) is 6. The first-order chi connectivity index (χ1) is 10.7. The van der Waals surface area contributed by atoms with Crippen LogP contribution in [0, 0.1) is 11.3 Å². The standard InChI is InChI=1S/C14H13N5O3/c1-2-22-14(21)13(20)16-12-11(8-15)17-18-19(12)9-10-6-4-3-5-7-10/h3-7H,2,9H2,1H3,(H,16,20). The number of carbonyl (C=O) groups excluding carboxylic acids is 2. The van der Waals surface area contributed by atoms with Gasteiger partial charge in [-0.05, 0) is 12.5 Å². The summed E-state index contributed by atoms with van der Waals surface area (Å²) in [5, 5.41) is 18.8. The van der Waals surface area contributed by atoms with Crippen LogP contribution in [-0.4, -0.2) is 33.5 Å². The number of hydrogen-bond donors (Lipinski definition) is 1. The van der Waals surface area contributed by atoms with E-state index in [0.717, 1.165) is 5.56 Å².